The van der Waals surface area contributed by atoms with Crippen molar-refractivity contribution in [2.45, 2.75) is 4.90 Å². The lowest BCUT2D eigenvalue weighted by Crippen LogP contribution is -2.12. The molecule has 2 aromatic rings. The van der Waals surface area contributed by atoms with E-state index in [2.05, 4.69) is 17.9 Å². The van der Waals surface area contributed by atoms with Crippen molar-refractivity contribution in [2.24, 2.45) is 0 Å². The third-order valence-electron chi connectivity index (χ3n) is 2.28. The van der Waals surface area contributed by atoms with Crippen LogP contribution in [0.15, 0.2) is 47.4 Å². The average Bonchev–Trinajstić information content (AvgIpc) is 2.34. The number of benzene rings is 2. The third-order valence-corrected chi connectivity index (χ3v) is 3.13. The van der Waals surface area contributed by atoms with Gasteiger partial charge in [0, 0.05) is 15.5 Å². The number of nitrogens with one attached hydrogen (secondary N) is 1. The number of hydrogen-bond donors (Lipinski definition) is 2. The van der Waals surface area contributed by atoms with Crippen LogP contribution in [-0.4, -0.2) is 5.91 Å². The van der Waals surface area contributed by atoms with E-state index < -0.39 is 0 Å². The van der Waals surface area contributed by atoms with Gasteiger partial charge in [0.1, 0.15) is 0 Å². The first-order valence-corrected chi connectivity index (χ1v) is 6.32. The largest absolute Gasteiger partial charge is 0.321 e. The molecule has 0 aliphatic rings. The minimum atomic E-state index is -0.255. The molecule has 0 saturated carbocycles. The van der Waals surface area contributed by atoms with Crippen molar-refractivity contribution < 1.29 is 4.79 Å². The summed E-state index contributed by atoms with van der Waals surface area (Å²) in [5, 5.41) is 3.66. The van der Waals surface area contributed by atoms with Crippen LogP contribution in [0.25, 0.3) is 0 Å². The number of hydrogen-bond acceptors (Lipinski definition) is 2. The summed E-state index contributed by atoms with van der Waals surface area (Å²) >= 11 is 16.0. The highest BCUT2D eigenvalue weighted by atomic mass is 35.5. The summed E-state index contributed by atoms with van der Waals surface area (Å²) < 4.78 is 0. The Morgan fingerprint density at radius 1 is 1.11 bits per heavy atom. The molecule has 1 N–H and O–H groups in total. The van der Waals surface area contributed by atoms with Crippen molar-refractivity contribution >= 4 is 47.4 Å². The van der Waals surface area contributed by atoms with Crippen LogP contribution in [0.3, 0.4) is 0 Å². The van der Waals surface area contributed by atoms with Gasteiger partial charge in [-0.3, -0.25) is 4.79 Å². The standard InChI is InChI=1S/C13H9Cl2NOS/c14-9-4-5-11(15)12(7-9)16-13(17)8-2-1-3-10(18)6-8/h1-7,18H,(H,16,17). The molecule has 0 unspecified atom stereocenters. The maximum Gasteiger partial charge on any atom is 0.255 e. The molecule has 2 rings (SSSR count). The van der Waals surface area contributed by atoms with Crippen molar-refractivity contribution in [3.8, 4) is 0 Å². The molecule has 2 aromatic carbocycles. The average molecular weight is 298 g/mol. The molecule has 0 bridgehead atoms. The van der Waals surface area contributed by atoms with E-state index in [9.17, 15) is 4.79 Å². The Kier molecular flexibility index (Phi) is 4.17. The van der Waals surface area contributed by atoms with E-state index >= 15 is 0 Å². The van der Waals surface area contributed by atoms with Gasteiger partial charge >= 0.3 is 0 Å². The number of carbonyl (C=O) groups is 1. The molecule has 18 heavy (non-hydrogen) atoms. The summed E-state index contributed by atoms with van der Waals surface area (Å²) in [5.74, 6) is -0.255. The predicted molar refractivity (Wildman–Crippen MR) is 78.1 cm³/mol. The number of amides is 1. The smallest absolute Gasteiger partial charge is 0.255 e. The van der Waals surface area contributed by atoms with Gasteiger partial charge < -0.3 is 5.32 Å². The zero-order valence-electron chi connectivity index (χ0n) is 9.15. The summed E-state index contributed by atoms with van der Waals surface area (Å²) in [6.45, 7) is 0. The van der Waals surface area contributed by atoms with E-state index in [4.69, 9.17) is 23.2 Å². The Bertz CT molecular complexity index is 601. The van der Waals surface area contributed by atoms with E-state index in [0.717, 1.165) is 4.90 Å². The topological polar surface area (TPSA) is 29.1 Å². The fraction of sp³-hybridized carbons (Fsp3) is 0. The van der Waals surface area contributed by atoms with Crippen molar-refractivity contribution in [1.82, 2.24) is 0 Å². The van der Waals surface area contributed by atoms with Crippen LogP contribution in [-0.2, 0) is 0 Å². The van der Waals surface area contributed by atoms with Crippen LogP contribution in [0, 0.1) is 0 Å². The Morgan fingerprint density at radius 2 is 1.89 bits per heavy atom. The Hall–Kier alpha value is -1.16. The highest BCUT2D eigenvalue weighted by Crippen LogP contribution is 2.26. The van der Waals surface area contributed by atoms with Gasteiger partial charge in [-0.15, -0.1) is 12.6 Å². The second-order valence-corrected chi connectivity index (χ2v) is 4.99. The molecule has 0 radical (unpaired) electrons. The van der Waals surface area contributed by atoms with E-state index in [1.807, 2.05) is 0 Å². The van der Waals surface area contributed by atoms with Crippen LogP contribution in [0.2, 0.25) is 10.0 Å². The molecular weight excluding hydrogens is 289 g/mol. The quantitative estimate of drug-likeness (QED) is 0.783. The fourth-order valence-electron chi connectivity index (χ4n) is 1.43. The van der Waals surface area contributed by atoms with Gasteiger partial charge in [-0.25, -0.2) is 0 Å². The van der Waals surface area contributed by atoms with Crippen molar-refractivity contribution in [1.29, 1.82) is 0 Å². The first kappa shape index (κ1) is 13.3. The fourth-order valence-corrected chi connectivity index (χ4v) is 2.00. The van der Waals surface area contributed by atoms with Gasteiger partial charge in [0.2, 0.25) is 0 Å². The van der Waals surface area contributed by atoms with E-state index in [0.29, 0.717) is 21.3 Å². The summed E-state index contributed by atoms with van der Waals surface area (Å²) in [5.41, 5.74) is 0.997. The lowest BCUT2D eigenvalue weighted by atomic mass is 10.2. The van der Waals surface area contributed by atoms with Crippen LogP contribution in [0.1, 0.15) is 10.4 Å². The molecule has 0 fully saturated rings. The normalized spacial score (nSPS) is 10.2. The van der Waals surface area contributed by atoms with Crippen molar-refractivity contribution in [3.05, 3.63) is 58.1 Å². The molecule has 0 spiro atoms. The zero-order valence-corrected chi connectivity index (χ0v) is 11.6. The third kappa shape index (κ3) is 3.19. The van der Waals surface area contributed by atoms with Crippen molar-refractivity contribution in [2.75, 3.05) is 5.32 Å². The molecule has 92 valence electrons. The lowest BCUT2D eigenvalue weighted by molar-refractivity contribution is 0.102. The molecule has 0 aliphatic heterocycles. The van der Waals surface area contributed by atoms with Gasteiger partial charge in [-0.1, -0.05) is 29.3 Å². The van der Waals surface area contributed by atoms with Gasteiger partial charge in [0.15, 0.2) is 0 Å². The van der Waals surface area contributed by atoms with Gasteiger partial charge in [-0.2, -0.15) is 0 Å². The molecule has 2 nitrogen and oxygen atoms in total. The van der Waals surface area contributed by atoms with Crippen LogP contribution in [0.4, 0.5) is 5.69 Å². The van der Waals surface area contributed by atoms with Crippen LogP contribution >= 0.6 is 35.8 Å². The number of rotatable bonds is 2. The van der Waals surface area contributed by atoms with E-state index in [-0.39, 0.29) is 5.91 Å². The number of halogens is 2. The lowest BCUT2D eigenvalue weighted by Gasteiger charge is -2.08. The molecule has 0 aliphatic carbocycles. The Balaban J connectivity index is 2.24. The van der Waals surface area contributed by atoms with Gasteiger partial charge in [0.05, 0.1) is 10.7 Å². The zero-order chi connectivity index (χ0) is 13.1. The number of thiol groups is 1. The minimum Gasteiger partial charge on any atom is -0.321 e. The summed E-state index contributed by atoms with van der Waals surface area (Å²) in [6, 6.07) is 11.8. The molecule has 1 amide bonds. The molecular formula is C13H9Cl2NOS. The number of carbonyl (C=O) groups excluding carboxylic acids is 1. The van der Waals surface area contributed by atoms with Crippen LogP contribution in [0.5, 0.6) is 0 Å². The van der Waals surface area contributed by atoms with Gasteiger partial charge in [0.25, 0.3) is 5.91 Å². The number of anilines is 1. The molecule has 0 saturated heterocycles. The highest BCUT2D eigenvalue weighted by Gasteiger charge is 2.09. The first-order valence-electron chi connectivity index (χ1n) is 5.12. The molecule has 5 heteroatoms. The Morgan fingerprint density at radius 3 is 2.61 bits per heavy atom. The SMILES string of the molecule is O=C(Nc1cc(Cl)ccc1Cl)c1cccc(S)c1. The van der Waals surface area contributed by atoms with E-state index in [1.54, 1.807) is 42.5 Å². The molecule has 0 aromatic heterocycles. The minimum absolute atomic E-state index is 0.255. The maximum absolute atomic E-state index is 12.0. The molecule has 0 heterocycles. The van der Waals surface area contributed by atoms with Gasteiger partial charge in [-0.05, 0) is 36.4 Å². The summed E-state index contributed by atoms with van der Waals surface area (Å²) in [7, 11) is 0. The van der Waals surface area contributed by atoms with E-state index in [1.165, 1.54) is 0 Å². The second-order valence-electron chi connectivity index (χ2n) is 3.63. The Labute approximate surface area is 120 Å². The second kappa shape index (κ2) is 5.65. The summed E-state index contributed by atoms with van der Waals surface area (Å²) in [4.78, 5) is 12.7. The highest BCUT2D eigenvalue weighted by molar-refractivity contribution is 7.80. The maximum atomic E-state index is 12.0. The van der Waals surface area contributed by atoms with Crippen LogP contribution < -0.4 is 5.32 Å². The summed E-state index contributed by atoms with van der Waals surface area (Å²) in [6.07, 6.45) is 0. The van der Waals surface area contributed by atoms with Crippen molar-refractivity contribution in [3.63, 3.8) is 0 Å². The molecule has 0 atom stereocenters. The predicted octanol–water partition coefficient (Wildman–Crippen LogP) is 4.53. The first-order chi connectivity index (χ1) is 8.56. The monoisotopic (exact) mass is 297 g/mol.